The molecule has 0 fully saturated rings. The molecule has 0 spiro atoms. The van der Waals surface area contributed by atoms with Crippen LogP contribution in [0.15, 0.2) is 42.6 Å². The molecule has 2 aromatic heterocycles. The van der Waals surface area contributed by atoms with Gasteiger partial charge in [0.25, 0.3) is 0 Å². The standard InChI is InChI=1S/C14H12N2O3/c17-12-6-8(7-13(18)14(12)19)9-3-4-11(16-9)10-2-1-5-15-10/h1-7,15-19H. The Bertz CT molecular complexity index is 691. The minimum Gasteiger partial charge on any atom is -0.504 e. The molecule has 0 radical (unpaired) electrons. The fourth-order valence-electron chi connectivity index (χ4n) is 1.98. The summed E-state index contributed by atoms with van der Waals surface area (Å²) in [5.41, 5.74) is 3.16. The summed E-state index contributed by atoms with van der Waals surface area (Å²) in [7, 11) is 0. The quantitative estimate of drug-likeness (QED) is 0.456. The van der Waals surface area contributed by atoms with Gasteiger partial charge >= 0.3 is 0 Å². The van der Waals surface area contributed by atoms with Crippen molar-refractivity contribution in [3.8, 4) is 39.9 Å². The molecule has 19 heavy (non-hydrogen) atoms. The van der Waals surface area contributed by atoms with Crippen LogP contribution < -0.4 is 0 Å². The minimum atomic E-state index is -0.514. The van der Waals surface area contributed by atoms with E-state index in [0.717, 1.165) is 17.1 Å². The molecule has 0 unspecified atom stereocenters. The molecule has 2 heterocycles. The van der Waals surface area contributed by atoms with Gasteiger partial charge < -0.3 is 25.3 Å². The van der Waals surface area contributed by atoms with Gasteiger partial charge in [0.15, 0.2) is 17.2 Å². The molecule has 0 aliphatic rings. The van der Waals surface area contributed by atoms with E-state index in [2.05, 4.69) is 9.97 Å². The van der Waals surface area contributed by atoms with E-state index in [1.807, 2.05) is 30.5 Å². The number of aromatic hydroxyl groups is 3. The zero-order valence-corrected chi connectivity index (χ0v) is 9.88. The SMILES string of the molecule is Oc1cc(-c2ccc(-c3ccc[nH]3)[nH]2)cc(O)c1O. The van der Waals surface area contributed by atoms with Crippen molar-refractivity contribution in [2.45, 2.75) is 0 Å². The maximum atomic E-state index is 9.50. The molecule has 5 nitrogen and oxygen atoms in total. The van der Waals surface area contributed by atoms with Gasteiger partial charge in [0, 0.05) is 17.5 Å². The van der Waals surface area contributed by atoms with Crippen LogP contribution in [0.3, 0.4) is 0 Å². The minimum absolute atomic E-state index is 0.356. The predicted octanol–water partition coefficient (Wildman–Crippen LogP) is 2.79. The number of aromatic amines is 2. The van der Waals surface area contributed by atoms with E-state index in [9.17, 15) is 15.3 Å². The number of benzene rings is 1. The van der Waals surface area contributed by atoms with Crippen molar-refractivity contribution in [3.63, 3.8) is 0 Å². The highest BCUT2D eigenvalue weighted by molar-refractivity contribution is 5.71. The van der Waals surface area contributed by atoms with E-state index in [1.54, 1.807) is 0 Å². The predicted molar refractivity (Wildman–Crippen MR) is 71.0 cm³/mol. The number of H-pyrrole nitrogens is 2. The Morgan fingerprint density at radius 2 is 1.47 bits per heavy atom. The Morgan fingerprint density at radius 3 is 2.11 bits per heavy atom. The van der Waals surface area contributed by atoms with Crippen molar-refractivity contribution >= 4 is 0 Å². The first-order valence-corrected chi connectivity index (χ1v) is 5.73. The summed E-state index contributed by atoms with van der Waals surface area (Å²) in [6, 6.07) is 10.3. The van der Waals surface area contributed by atoms with Crippen LogP contribution in [0.2, 0.25) is 0 Å². The van der Waals surface area contributed by atoms with Gasteiger partial charge in [-0.05, 0) is 36.4 Å². The molecule has 0 aliphatic heterocycles. The summed E-state index contributed by atoms with van der Waals surface area (Å²) in [5.74, 6) is -1.23. The van der Waals surface area contributed by atoms with Gasteiger partial charge in [0.05, 0.1) is 11.4 Å². The zero-order chi connectivity index (χ0) is 13.4. The lowest BCUT2D eigenvalue weighted by atomic mass is 10.1. The zero-order valence-electron chi connectivity index (χ0n) is 9.88. The third-order valence-electron chi connectivity index (χ3n) is 2.95. The highest BCUT2D eigenvalue weighted by atomic mass is 16.3. The first-order chi connectivity index (χ1) is 9.15. The van der Waals surface area contributed by atoms with Gasteiger partial charge in [-0.15, -0.1) is 0 Å². The molecule has 0 amide bonds. The Balaban J connectivity index is 2.04. The molecule has 5 heteroatoms. The van der Waals surface area contributed by atoms with Gasteiger partial charge in [-0.2, -0.15) is 0 Å². The van der Waals surface area contributed by atoms with Gasteiger partial charge in [0.2, 0.25) is 0 Å². The fourth-order valence-corrected chi connectivity index (χ4v) is 1.98. The maximum Gasteiger partial charge on any atom is 0.200 e. The molecule has 5 N–H and O–H groups in total. The van der Waals surface area contributed by atoms with Crippen molar-refractivity contribution in [2.24, 2.45) is 0 Å². The normalized spacial score (nSPS) is 10.7. The van der Waals surface area contributed by atoms with Gasteiger partial charge in [-0.25, -0.2) is 0 Å². The molecule has 1 aromatic carbocycles. The lowest BCUT2D eigenvalue weighted by Crippen LogP contribution is -1.81. The third-order valence-corrected chi connectivity index (χ3v) is 2.95. The van der Waals surface area contributed by atoms with Crippen LogP contribution in [0, 0.1) is 0 Å². The average Bonchev–Trinajstić information content (AvgIpc) is 3.05. The summed E-state index contributed by atoms with van der Waals surface area (Å²) in [4.78, 5) is 6.25. The maximum absolute atomic E-state index is 9.50. The first-order valence-electron chi connectivity index (χ1n) is 5.73. The van der Waals surface area contributed by atoms with Gasteiger partial charge in [-0.1, -0.05) is 0 Å². The Hall–Kier alpha value is -2.82. The monoisotopic (exact) mass is 256 g/mol. The molecule has 0 aliphatic carbocycles. The average molecular weight is 256 g/mol. The van der Waals surface area contributed by atoms with Crippen LogP contribution in [0.25, 0.3) is 22.6 Å². The van der Waals surface area contributed by atoms with Crippen LogP contribution in [0.5, 0.6) is 17.2 Å². The molecular formula is C14H12N2O3. The van der Waals surface area contributed by atoms with Crippen LogP contribution in [-0.2, 0) is 0 Å². The van der Waals surface area contributed by atoms with Crippen molar-refractivity contribution in [1.82, 2.24) is 9.97 Å². The Kier molecular flexibility index (Phi) is 2.45. The Morgan fingerprint density at radius 1 is 0.789 bits per heavy atom. The topological polar surface area (TPSA) is 92.3 Å². The molecule has 0 bridgehead atoms. The fraction of sp³-hybridized carbons (Fsp3) is 0. The number of phenolic OH excluding ortho intramolecular Hbond substituents is 3. The van der Waals surface area contributed by atoms with Crippen molar-refractivity contribution < 1.29 is 15.3 Å². The van der Waals surface area contributed by atoms with Crippen molar-refractivity contribution in [3.05, 3.63) is 42.6 Å². The second kappa shape index (κ2) is 4.13. The van der Waals surface area contributed by atoms with E-state index in [1.165, 1.54) is 12.1 Å². The number of hydrogen-bond acceptors (Lipinski definition) is 3. The third kappa shape index (κ3) is 1.91. The summed E-state index contributed by atoms with van der Waals surface area (Å²) in [5, 5.41) is 28.3. The summed E-state index contributed by atoms with van der Waals surface area (Å²) in [6.07, 6.45) is 1.83. The summed E-state index contributed by atoms with van der Waals surface area (Å²) < 4.78 is 0. The van der Waals surface area contributed by atoms with Crippen LogP contribution in [-0.4, -0.2) is 25.3 Å². The lowest BCUT2D eigenvalue weighted by Gasteiger charge is -2.04. The second-order valence-electron chi connectivity index (χ2n) is 4.23. The molecule has 96 valence electrons. The van der Waals surface area contributed by atoms with E-state index in [4.69, 9.17) is 0 Å². The van der Waals surface area contributed by atoms with E-state index < -0.39 is 5.75 Å². The van der Waals surface area contributed by atoms with Gasteiger partial charge in [-0.3, -0.25) is 0 Å². The molecule has 0 saturated carbocycles. The van der Waals surface area contributed by atoms with Crippen LogP contribution in [0.1, 0.15) is 0 Å². The highest BCUT2D eigenvalue weighted by Gasteiger charge is 2.11. The molecule has 0 atom stereocenters. The van der Waals surface area contributed by atoms with Gasteiger partial charge in [0.1, 0.15) is 0 Å². The number of rotatable bonds is 2. The van der Waals surface area contributed by atoms with E-state index >= 15 is 0 Å². The second-order valence-corrected chi connectivity index (χ2v) is 4.23. The number of phenols is 3. The highest BCUT2D eigenvalue weighted by Crippen LogP contribution is 2.38. The van der Waals surface area contributed by atoms with E-state index in [-0.39, 0.29) is 11.5 Å². The molecule has 3 rings (SSSR count). The molecule has 3 aromatic rings. The molecule has 0 saturated heterocycles. The van der Waals surface area contributed by atoms with Crippen molar-refractivity contribution in [1.29, 1.82) is 0 Å². The van der Waals surface area contributed by atoms with Crippen LogP contribution in [0.4, 0.5) is 0 Å². The smallest absolute Gasteiger partial charge is 0.200 e. The largest absolute Gasteiger partial charge is 0.504 e. The Labute approximate surface area is 108 Å². The van der Waals surface area contributed by atoms with Crippen molar-refractivity contribution in [2.75, 3.05) is 0 Å². The van der Waals surface area contributed by atoms with E-state index in [0.29, 0.717) is 5.56 Å². The first kappa shape index (κ1) is 11.3. The number of aromatic nitrogens is 2. The van der Waals surface area contributed by atoms with Crippen LogP contribution >= 0.6 is 0 Å². The number of nitrogens with one attached hydrogen (secondary N) is 2. The number of hydrogen-bond donors (Lipinski definition) is 5. The molecular weight excluding hydrogens is 244 g/mol. The lowest BCUT2D eigenvalue weighted by molar-refractivity contribution is 0.368. The summed E-state index contributed by atoms with van der Waals surface area (Å²) in [6.45, 7) is 0. The summed E-state index contributed by atoms with van der Waals surface area (Å²) >= 11 is 0.